The fourth-order valence-corrected chi connectivity index (χ4v) is 5.57. The third-order valence-corrected chi connectivity index (χ3v) is 7.62. The highest BCUT2D eigenvalue weighted by Gasteiger charge is 2.27. The van der Waals surface area contributed by atoms with Gasteiger partial charge in [-0.2, -0.15) is 4.31 Å². The summed E-state index contributed by atoms with van der Waals surface area (Å²) in [4.78, 5) is 24.2. The summed E-state index contributed by atoms with van der Waals surface area (Å²) in [5.74, 6) is -1.07. The molecule has 0 bridgehead atoms. The van der Waals surface area contributed by atoms with Crippen LogP contribution in [0.2, 0.25) is 5.02 Å². The Morgan fingerprint density at radius 2 is 1.75 bits per heavy atom. The minimum atomic E-state index is -3.65. The number of nitrogens with zero attached hydrogens (tertiary/aromatic N) is 1. The first-order valence-corrected chi connectivity index (χ1v) is 12.2. The Labute approximate surface area is 193 Å². The molecular weight excluding hydrogens is 452 g/mol. The molecule has 0 radical (unpaired) electrons. The minimum Gasteiger partial charge on any atom is -0.375 e. The third-order valence-electron chi connectivity index (χ3n) is 5.34. The zero-order valence-electron chi connectivity index (χ0n) is 17.9. The molecule has 2 amide bonds. The van der Waals surface area contributed by atoms with E-state index < -0.39 is 21.8 Å². The zero-order valence-corrected chi connectivity index (χ0v) is 19.4. The Hall–Kier alpha value is -2.62. The van der Waals surface area contributed by atoms with Gasteiger partial charge in [-0.05, 0) is 55.7 Å². The summed E-state index contributed by atoms with van der Waals surface area (Å²) in [6.07, 6.45) is 3.75. The molecule has 1 heterocycles. The van der Waals surface area contributed by atoms with Gasteiger partial charge in [0, 0.05) is 29.5 Å². The molecule has 172 valence electrons. The van der Waals surface area contributed by atoms with E-state index >= 15 is 0 Å². The predicted molar refractivity (Wildman–Crippen MR) is 125 cm³/mol. The number of aryl methyl sites for hydroxylation is 1. The summed E-state index contributed by atoms with van der Waals surface area (Å²) >= 11 is 5.89. The van der Waals surface area contributed by atoms with Crippen molar-refractivity contribution in [3.63, 3.8) is 0 Å². The normalized spacial score (nSPS) is 15.1. The highest BCUT2D eigenvalue weighted by molar-refractivity contribution is 7.89. The maximum atomic E-state index is 13.2. The molecular formula is C22H27ClN4O4S. The zero-order chi connectivity index (χ0) is 23.3. The van der Waals surface area contributed by atoms with Crippen LogP contribution in [0.3, 0.4) is 0 Å². The molecule has 32 heavy (non-hydrogen) atoms. The van der Waals surface area contributed by atoms with Gasteiger partial charge in [-0.1, -0.05) is 30.5 Å². The van der Waals surface area contributed by atoms with E-state index in [0.717, 1.165) is 25.7 Å². The number of halogens is 1. The van der Waals surface area contributed by atoms with E-state index in [4.69, 9.17) is 17.3 Å². The fourth-order valence-electron chi connectivity index (χ4n) is 3.63. The lowest BCUT2D eigenvalue weighted by Crippen LogP contribution is -2.32. The van der Waals surface area contributed by atoms with Gasteiger partial charge in [0.05, 0.1) is 17.0 Å². The number of amides is 2. The summed E-state index contributed by atoms with van der Waals surface area (Å²) in [5, 5.41) is 5.91. The first-order chi connectivity index (χ1) is 15.2. The van der Waals surface area contributed by atoms with Gasteiger partial charge in [0.2, 0.25) is 15.9 Å². The number of hydrogen-bond donors (Lipinski definition) is 3. The van der Waals surface area contributed by atoms with E-state index in [9.17, 15) is 18.0 Å². The van der Waals surface area contributed by atoms with Gasteiger partial charge in [-0.25, -0.2) is 8.42 Å². The number of carbonyl (C=O) groups is 2. The predicted octanol–water partition coefficient (Wildman–Crippen LogP) is 3.36. The first-order valence-electron chi connectivity index (χ1n) is 10.4. The average Bonchev–Trinajstić information content (AvgIpc) is 3.04. The van der Waals surface area contributed by atoms with Gasteiger partial charge in [-0.15, -0.1) is 0 Å². The smallest absolute Gasteiger partial charge is 0.250 e. The summed E-state index contributed by atoms with van der Waals surface area (Å²) < 4.78 is 27.9. The van der Waals surface area contributed by atoms with Gasteiger partial charge < -0.3 is 16.4 Å². The van der Waals surface area contributed by atoms with Crippen molar-refractivity contribution in [2.75, 3.05) is 30.3 Å². The molecule has 0 spiro atoms. The van der Waals surface area contributed by atoms with Crippen LogP contribution in [0.1, 0.15) is 41.6 Å². The summed E-state index contributed by atoms with van der Waals surface area (Å²) in [6.45, 7) is 2.60. The second kappa shape index (κ2) is 10.3. The van der Waals surface area contributed by atoms with Gasteiger partial charge in [-0.3, -0.25) is 9.59 Å². The number of benzene rings is 2. The van der Waals surface area contributed by atoms with E-state index in [0.29, 0.717) is 35.1 Å². The van der Waals surface area contributed by atoms with Crippen LogP contribution in [0.4, 0.5) is 11.4 Å². The van der Waals surface area contributed by atoms with Crippen LogP contribution in [-0.4, -0.2) is 44.2 Å². The largest absolute Gasteiger partial charge is 0.375 e. The third kappa shape index (κ3) is 5.79. The molecule has 4 N–H and O–H groups in total. The van der Waals surface area contributed by atoms with Crippen LogP contribution in [0.25, 0.3) is 0 Å². The molecule has 8 nitrogen and oxygen atoms in total. The molecule has 1 saturated heterocycles. The quantitative estimate of drug-likeness (QED) is 0.563. The highest BCUT2D eigenvalue weighted by Crippen LogP contribution is 2.26. The number of hydrogen-bond acceptors (Lipinski definition) is 5. The molecule has 0 aliphatic carbocycles. The minimum absolute atomic E-state index is 0.149. The molecule has 2 aromatic rings. The molecule has 0 unspecified atom stereocenters. The van der Waals surface area contributed by atoms with Crippen LogP contribution in [-0.2, 0) is 14.8 Å². The van der Waals surface area contributed by atoms with Gasteiger partial charge in [0.15, 0.2) is 0 Å². The van der Waals surface area contributed by atoms with Crippen LogP contribution >= 0.6 is 11.6 Å². The van der Waals surface area contributed by atoms with E-state index in [1.165, 1.54) is 16.4 Å². The van der Waals surface area contributed by atoms with Crippen LogP contribution in [0.5, 0.6) is 0 Å². The molecule has 1 aliphatic rings. The standard InChI is InChI=1S/C22H27ClN4O4S/c1-15-6-8-17(13-20(15)32(30,31)27-10-4-2-3-5-11-27)26-21(28)14-25-19-9-7-16(23)12-18(19)22(24)29/h6-9,12-13,25H,2-5,10-11,14H2,1H3,(H2,24,29)(H,26,28). The summed E-state index contributed by atoms with van der Waals surface area (Å²) in [7, 11) is -3.65. The molecule has 1 fully saturated rings. The van der Waals surface area contributed by atoms with Crippen molar-refractivity contribution in [1.29, 1.82) is 0 Å². The molecule has 0 aromatic heterocycles. The summed E-state index contributed by atoms with van der Waals surface area (Å²) in [6, 6.07) is 9.39. The van der Waals surface area contributed by atoms with Crippen LogP contribution < -0.4 is 16.4 Å². The number of nitrogens with one attached hydrogen (secondary N) is 2. The Kier molecular flexibility index (Phi) is 7.76. The SMILES string of the molecule is Cc1ccc(NC(=O)CNc2ccc(Cl)cc2C(N)=O)cc1S(=O)(=O)N1CCCCCC1. The van der Waals surface area contributed by atoms with Crippen LogP contribution in [0.15, 0.2) is 41.3 Å². The average molecular weight is 479 g/mol. The molecule has 10 heteroatoms. The van der Waals surface area contributed by atoms with Crippen molar-refractivity contribution >= 4 is 44.8 Å². The van der Waals surface area contributed by atoms with Crippen molar-refractivity contribution in [3.8, 4) is 0 Å². The van der Waals surface area contributed by atoms with Crippen molar-refractivity contribution in [3.05, 3.63) is 52.5 Å². The number of primary amides is 1. The monoisotopic (exact) mass is 478 g/mol. The Balaban J connectivity index is 1.72. The Morgan fingerprint density at radius 1 is 1.06 bits per heavy atom. The second-order valence-corrected chi connectivity index (χ2v) is 10.1. The molecule has 0 atom stereocenters. The topological polar surface area (TPSA) is 122 Å². The van der Waals surface area contributed by atoms with E-state index in [1.54, 1.807) is 31.2 Å². The van der Waals surface area contributed by atoms with E-state index in [-0.39, 0.29) is 17.0 Å². The molecule has 1 aliphatic heterocycles. The number of carbonyl (C=O) groups excluding carboxylic acids is 2. The Bertz CT molecular complexity index is 1110. The highest BCUT2D eigenvalue weighted by atomic mass is 35.5. The van der Waals surface area contributed by atoms with Gasteiger partial charge in [0.1, 0.15) is 0 Å². The lowest BCUT2D eigenvalue weighted by Gasteiger charge is -2.21. The number of anilines is 2. The van der Waals surface area contributed by atoms with E-state index in [1.807, 2.05) is 0 Å². The molecule has 2 aromatic carbocycles. The van der Waals surface area contributed by atoms with Gasteiger partial charge in [0.25, 0.3) is 5.91 Å². The van der Waals surface area contributed by atoms with Gasteiger partial charge >= 0.3 is 0 Å². The maximum absolute atomic E-state index is 13.2. The Morgan fingerprint density at radius 3 is 2.41 bits per heavy atom. The van der Waals surface area contributed by atoms with Crippen molar-refractivity contribution in [1.82, 2.24) is 4.31 Å². The molecule has 0 saturated carbocycles. The maximum Gasteiger partial charge on any atom is 0.250 e. The van der Waals surface area contributed by atoms with Crippen LogP contribution in [0, 0.1) is 6.92 Å². The van der Waals surface area contributed by atoms with Crippen molar-refractivity contribution in [2.45, 2.75) is 37.5 Å². The van der Waals surface area contributed by atoms with Crippen molar-refractivity contribution in [2.24, 2.45) is 5.73 Å². The number of nitrogens with two attached hydrogens (primary N) is 1. The fraction of sp³-hybridized carbons (Fsp3) is 0.364. The number of rotatable bonds is 7. The number of sulfonamides is 1. The molecule has 3 rings (SSSR count). The first kappa shape index (κ1) is 24.0. The second-order valence-electron chi connectivity index (χ2n) is 7.75. The van der Waals surface area contributed by atoms with Crippen molar-refractivity contribution < 1.29 is 18.0 Å². The lowest BCUT2D eigenvalue weighted by molar-refractivity contribution is -0.114. The summed E-state index contributed by atoms with van der Waals surface area (Å²) in [5.41, 5.74) is 6.91. The van der Waals surface area contributed by atoms with E-state index in [2.05, 4.69) is 10.6 Å². The lowest BCUT2D eigenvalue weighted by atomic mass is 10.1.